The highest BCUT2D eigenvalue weighted by atomic mass is 17.1. The second-order valence-electron chi connectivity index (χ2n) is 2.48. The van der Waals surface area contributed by atoms with Gasteiger partial charge in [-0.1, -0.05) is 48.0 Å². The fraction of sp³-hybridized carbons (Fsp3) is 1.00. The van der Waals surface area contributed by atoms with Crippen molar-refractivity contribution in [2.24, 2.45) is 0 Å². The Bertz CT molecular complexity index is 84.7. The van der Waals surface area contributed by atoms with Crippen molar-refractivity contribution in [2.45, 2.75) is 73.0 Å². The van der Waals surface area contributed by atoms with E-state index in [4.69, 9.17) is 10.5 Å². The van der Waals surface area contributed by atoms with E-state index in [1.807, 2.05) is 41.5 Å². The summed E-state index contributed by atoms with van der Waals surface area (Å²) in [7, 11) is 0. The molecule has 0 amide bonds. The molecule has 0 fully saturated rings. The van der Waals surface area contributed by atoms with Crippen molar-refractivity contribution >= 4 is 0 Å². The van der Waals surface area contributed by atoms with Crippen molar-refractivity contribution in [3.8, 4) is 0 Å². The Morgan fingerprint density at radius 1 is 0.867 bits per heavy atom. The lowest BCUT2D eigenvalue weighted by Gasteiger charge is -2.19. The lowest BCUT2D eigenvalue weighted by atomic mass is 10.1. The molecule has 2 unspecified atom stereocenters. The Morgan fingerprint density at radius 2 is 1.27 bits per heavy atom. The number of hydrogen-bond acceptors (Lipinski definition) is 4. The maximum absolute atomic E-state index is 8.40. The highest BCUT2D eigenvalue weighted by molar-refractivity contribution is 4.66. The molecular weight excluding hydrogens is 196 g/mol. The summed E-state index contributed by atoms with van der Waals surface area (Å²) in [5.41, 5.74) is 0. The standard InChI is InChI=1S/C7H16O4.2C2H6/c1-3-5-7(11-9)6(4-2)10-8;2*1-2/h6-9H,3-5H2,1-2H3;2*1-2H3. The summed E-state index contributed by atoms with van der Waals surface area (Å²) in [6, 6.07) is 0. The highest BCUT2D eigenvalue weighted by Gasteiger charge is 2.20. The Labute approximate surface area is 94.1 Å². The van der Waals surface area contributed by atoms with Gasteiger partial charge in [-0.25, -0.2) is 9.78 Å². The van der Waals surface area contributed by atoms with Gasteiger partial charge in [-0.15, -0.1) is 0 Å². The van der Waals surface area contributed by atoms with Crippen LogP contribution in [0, 0.1) is 0 Å². The van der Waals surface area contributed by atoms with E-state index in [2.05, 4.69) is 9.78 Å². The SMILES string of the molecule is CC.CC.CCCC(OO)C(CC)OO. The molecule has 0 aromatic heterocycles. The molecule has 0 saturated carbocycles. The van der Waals surface area contributed by atoms with Gasteiger partial charge in [-0.3, -0.25) is 10.5 Å². The average molecular weight is 224 g/mol. The van der Waals surface area contributed by atoms with E-state index in [0.29, 0.717) is 12.8 Å². The van der Waals surface area contributed by atoms with E-state index < -0.39 is 12.2 Å². The molecule has 0 radical (unpaired) electrons. The molecule has 0 aliphatic rings. The lowest BCUT2D eigenvalue weighted by Crippen LogP contribution is -2.29. The molecule has 0 aromatic rings. The molecule has 4 nitrogen and oxygen atoms in total. The minimum Gasteiger partial charge on any atom is -0.251 e. The van der Waals surface area contributed by atoms with Crippen LogP contribution in [-0.2, 0) is 9.78 Å². The zero-order valence-corrected chi connectivity index (χ0v) is 11.0. The van der Waals surface area contributed by atoms with Gasteiger partial charge in [-0.2, -0.15) is 0 Å². The maximum atomic E-state index is 8.40. The topological polar surface area (TPSA) is 58.9 Å². The van der Waals surface area contributed by atoms with E-state index in [1.54, 1.807) is 0 Å². The summed E-state index contributed by atoms with van der Waals surface area (Å²) < 4.78 is 0. The summed E-state index contributed by atoms with van der Waals surface area (Å²) >= 11 is 0. The molecule has 0 spiro atoms. The lowest BCUT2D eigenvalue weighted by molar-refractivity contribution is -0.355. The molecule has 4 heteroatoms. The molecule has 0 bridgehead atoms. The van der Waals surface area contributed by atoms with Gasteiger partial charge in [0.25, 0.3) is 0 Å². The molecule has 0 rings (SSSR count). The summed E-state index contributed by atoms with van der Waals surface area (Å²) in [6.45, 7) is 11.8. The number of hydrogen-bond donors (Lipinski definition) is 2. The van der Waals surface area contributed by atoms with Crippen molar-refractivity contribution in [1.82, 2.24) is 0 Å². The van der Waals surface area contributed by atoms with Crippen LogP contribution < -0.4 is 0 Å². The van der Waals surface area contributed by atoms with Gasteiger partial charge >= 0.3 is 0 Å². The normalized spacial score (nSPS) is 12.8. The van der Waals surface area contributed by atoms with Gasteiger partial charge in [0.1, 0.15) is 12.2 Å². The zero-order chi connectivity index (χ0) is 12.7. The summed E-state index contributed by atoms with van der Waals surface area (Å²) in [6.07, 6.45) is 1.32. The molecule has 96 valence electrons. The van der Waals surface area contributed by atoms with E-state index in [1.165, 1.54) is 0 Å². The molecule has 0 heterocycles. The predicted molar refractivity (Wildman–Crippen MR) is 62.9 cm³/mol. The molecule has 2 N–H and O–H groups in total. The fourth-order valence-electron chi connectivity index (χ4n) is 0.996. The maximum Gasteiger partial charge on any atom is 0.122 e. The average Bonchev–Trinajstić information content (AvgIpc) is 2.34. The van der Waals surface area contributed by atoms with Crippen molar-refractivity contribution < 1.29 is 20.3 Å². The van der Waals surface area contributed by atoms with Crippen molar-refractivity contribution in [3.63, 3.8) is 0 Å². The first-order chi connectivity index (χ1) is 7.29. The molecule has 2 atom stereocenters. The van der Waals surface area contributed by atoms with Crippen LogP contribution in [0.15, 0.2) is 0 Å². The van der Waals surface area contributed by atoms with Crippen LogP contribution in [0.5, 0.6) is 0 Å². The number of rotatable bonds is 6. The highest BCUT2D eigenvalue weighted by Crippen LogP contribution is 2.11. The monoisotopic (exact) mass is 224 g/mol. The van der Waals surface area contributed by atoms with Crippen molar-refractivity contribution in [1.29, 1.82) is 0 Å². The fourth-order valence-corrected chi connectivity index (χ4v) is 0.996. The zero-order valence-electron chi connectivity index (χ0n) is 11.0. The third-order valence-electron chi connectivity index (χ3n) is 1.66. The van der Waals surface area contributed by atoms with Crippen LogP contribution in [0.1, 0.15) is 60.8 Å². The summed E-state index contributed by atoms with van der Waals surface area (Å²) in [4.78, 5) is 8.27. The first-order valence-electron chi connectivity index (χ1n) is 5.90. The predicted octanol–water partition coefficient (Wildman–Crippen LogP) is 3.97. The Kier molecular flexibility index (Phi) is 26.2. The molecule has 0 aromatic carbocycles. The third kappa shape index (κ3) is 11.8. The first-order valence-corrected chi connectivity index (χ1v) is 5.90. The van der Waals surface area contributed by atoms with Crippen molar-refractivity contribution in [3.05, 3.63) is 0 Å². The van der Waals surface area contributed by atoms with Crippen LogP contribution >= 0.6 is 0 Å². The summed E-state index contributed by atoms with van der Waals surface area (Å²) in [5, 5.41) is 16.8. The Hall–Kier alpha value is -0.160. The Balaban J connectivity index is -0.000000318. The second-order valence-corrected chi connectivity index (χ2v) is 2.48. The minimum absolute atomic E-state index is 0.421. The quantitative estimate of drug-likeness (QED) is 0.529. The van der Waals surface area contributed by atoms with Crippen LogP contribution in [0.4, 0.5) is 0 Å². The smallest absolute Gasteiger partial charge is 0.122 e. The largest absolute Gasteiger partial charge is 0.251 e. The van der Waals surface area contributed by atoms with E-state index in [0.717, 1.165) is 6.42 Å². The Morgan fingerprint density at radius 3 is 1.47 bits per heavy atom. The van der Waals surface area contributed by atoms with E-state index >= 15 is 0 Å². The van der Waals surface area contributed by atoms with E-state index in [9.17, 15) is 0 Å². The van der Waals surface area contributed by atoms with Gasteiger partial charge in [0.2, 0.25) is 0 Å². The van der Waals surface area contributed by atoms with Crippen molar-refractivity contribution in [2.75, 3.05) is 0 Å². The first kappa shape index (κ1) is 20.3. The van der Waals surface area contributed by atoms with Gasteiger partial charge in [0.15, 0.2) is 0 Å². The minimum atomic E-state index is -0.431. The second kappa shape index (κ2) is 19.4. The van der Waals surface area contributed by atoms with Gasteiger partial charge < -0.3 is 0 Å². The van der Waals surface area contributed by atoms with Crippen LogP contribution in [-0.4, -0.2) is 22.7 Å². The molecular formula is C11H28O4. The van der Waals surface area contributed by atoms with Crippen LogP contribution in [0.3, 0.4) is 0 Å². The van der Waals surface area contributed by atoms with E-state index in [-0.39, 0.29) is 0 Å². The molecule has 0 aliphatic carbocycles. The molecule has 15 heavy (non-hydrogen) atoms. The van der Waals surface area contributed by atoms with Crippen LogP contribution in [0.2, 0.25) is 0 Å². The third-order valence-corrected chi connectivity index (χ3v) is 1.66. The summed E-state index contributed by atoms with van der Waals surface area (Å²) in [5.74, 6) is 0. The molecule has 0 saturated heterocycles. The van der Waals surface area contributed by atoms with Crippen LogP contribution in [0.25, 0.3) is 0 Å². The van der Waals surface area contributed by atoms with Gasteiger partial charge in [0.05, 0.1) is 0 Å². The molecule has 0 aliphatic heterocycles. The van der Waals surface area contributed by atoms with Gasteiger partial charge in [0, 0.05) is 0 Å². The van der Waals surface area contributed by atoms with Gasteiger partial charge in [-0.05, 0) is 12.8 Å².